The van der Waals surface area contributed by atoms with Crippen LogP contribution in [0.25, 0.3) is 0 Å². The molecule has 0 aliphatic carbocycles. The monoisotopic (exact) mass is 154 g/mol. The Labute approximate surface area is 68.7 Å². The van der Waals surface area contributed by atoms with E-state index in [0.29, 0.717) is 5.41 Å². The highest BCUT2D eigenvalue weighted by atomic mass is 15.0. The van der Waals surface area contributed by atoms with Crippen LogP contribution in [0.2, 0.25) is 0 Å². The number of fused-ring (bicyclic) bond motifs is 2. The molecule has 0 saturated carbocycles. The van der Waals surface area contributed by atoms with Gasteiger partial charge in [-0.25, -0.2) is 0 Å². The van der Waals surface area contributed by atoms with Gasteiger partial charge in [0.05, 0.1) is 0 Å². The molecule has 0 spiro atoms. The Bertz CT molecular complexity index is 134. The summed E-state index contributed by atoms with van der Waals surface area (Å²) in [5.41, 5.74) is 0.598. The van der Waals surface area contributed by atoms with Gasteiger partial charge in [-0.1, -0.05) is 6.92 Å². The molecule has 2 saturated heterocycles. The van der Waals surface area contributed by atoms with Gasteiger partial charge in [-0.2, -0.15) is 0 Å². The Morgan fingerprint density at radius 3 is 2.36 bits per heavy atom. The molecule has 2 bridgehead atoms. The summed E-state index contributed by atoms with van der Waals surface area (Å²) in [6.07, 6.45) is 2.77. The first kappa shape index (κ1) is 7.56. The quantitative estimate of drug-likeness (QED) is 0.578. The summed E-state index contributed by atoms with van der Waals surface area (Å²) in [5, 5.41) is 7.08. The summed E-state index contributed by atoms with van der Waals surface area (Å²) in [4.78, 5) is 0. The van der Waals surface area contributed by atoms with E-state index in [1.165, 1.54) is 39.0 Å². The van der Waals surface area contributed by atoms with E-state index in [1.54, 1.807) is 0 Å². The molecule has 11 heavy (non-hydrogen) atoms. The molecule has 0 atom stereocenters. The molecule has 2 N–H and O–H groups in total. The van der Waals surface area contributed by atoms with Crippen molar-refractivity contribution in [1.29, 1.82) is 0 Å². The van der Waals surface area contributed by atoms with Gasteiger partial charge in [0.2, 0.25) is 0 Å². The van der Waals surface area contributed by atoms with E-state index in [0.717, 1.165) is 5.92 Å². The zero-order valence-electron chi connectivity index (χ0n) is 7.32. The van der Waals surface area contributed by atoms with Gasteiger partial charge in [0.25, 0.3) is 0 Å². The Kier molecular flexibility index (Phi) is 1.90. The topological polar surface area (TPSA) is 24.1 Å². The number of hydrogen-bond donors (Lipinski definition) is 2. The number of nitrogens with one attached hydrogen (secondary N) is 2. The lowest BCUT2D eigenvalue weighted by Gasteiger charge is -2.45. The maximum Gasteiger partial charge on any atom is 0.00201 e. The smallest absolute Gasteiger partial charge is 0.00201 e. The van der Waals surface area contributed by atoms with Gasteiger partial charge in [-0.05, 0) is 37.3 Å². The standard InChI is InChI=1S/C9H18N2/c1-2-9-3-8(4-10-6-9)5-11-7-9/h8,10-11H,2-7H2,1H3. The lowest BCUT2D eigenvalue weighted by Crippen LogP contribution is -2.56. The van der Waals surface area contributed by atoms with Crippen molar-refractivity contribution < 1.29 is 0 Å². The Hall–Kier alpha value is -0.0800. The summed E-state index contributed by atoms with van der Waals surface area (Å²) in [7, 11) is 0. The molecule has 0 aromatic carbocycles. The average Bonchev–Trinajstić information content (AvgIpc) is 2.05. The van der Waals surface area contributed by atoms with Crippen molar-refractivity contribution in [2.45, 2.75) is 19.8 Å². The third kappa shape index (κ3) is 1.30. The minimum atomic E-state index is 0.598. The van der Waals surface area contributed by atoms with Crippen molar-refractivity contribution in [3.05, 3.63) is 0 Å². The summed E-state index contributed by atoms with van der Waals surface area (Å²) in [6, 6.07) is 0. The first-order chi connectivity index (χ1) is 5.35. The zero-order chi connectivity index (χ0) is 7.73. The van der Waals surface area contributed by atoms with E-state index in [9.17, 15) is 0 Å². The van der Waals surface area contributed by atoms with Gasteiger partial charge in [-0.3, -0.25) is 0 Å². The third-order valence-corrected chi connectivity index (χ3v) is 3.34. The molecule has 2 rings (SSSR count). The van der Waals surface area contributed by atoms with Gasteiger partial charge in [0.15, 0.2) is 0 Å². The van der Waals surface area contributed by atoms with E-state index in [-0.39, 0.29) is 0 Å². The molecule has 0 unspecified atom stereocenters. The fourth-order valence-electron chi connectivity index (χ4n) is 2.51. The van der Waals surface area contributed by atoms with Crippen LogP contribution in [0.4, 0.5) is 0 Å². The first-order valence-electron chi connectivity index (χ1n) is 4.76. The fraction of sp³-hybridized carbons (Fsp3) is 1.00. The summed E-state index contributed by atoms with van der Waals surface area (Å²) < 4.78 is 0. The van der Waals surface area contributed by atoms with Gasteiger partial charge >= 0.3 is 0 Å². The van der Waals surface area contributed by atoms with E-state index < -0.39 is 0 Å². The van der Waals surface area contributed by atoms with Crippen molar-refractivity contribution in [3.8, 4) is 0 Å². The first-order valence-corrected chi connectivity index (χ1v) is 4.76. The average molecular weight is 154 g/mol. The van der Waals surface area contributed by atoms with Crippen LogP contribution in [0.1, 0.15) is 19.8 Å². The van der Waals surface area contributed by atoms with Gasteiger partial charge in [0, 0.05) is 13.1 Å². The van der Waals surface area contributed by atoms with Crippen molar-refractivity contribution in [3.63, 3.8) is 0 Å². The van der Waals surface area contributed by atoms with Crippen LogP contribution in [-0.2, 0) is 0 Å². The van der Waals surface area contributed by atoms with Crippen molar-refractivity contribution in [2.75, 3.05) is 26.2 Å². The van der Waals surface area contributed by atoms with Crippen LogP contribution >= 0.6 is 0 Å². The predicted molar refractivity (Wildman–Crippen MR) is 46.6 cm³/mol. The Morgan fingerprint density at radius 2 is 1.91 bits per heavy atom. The fourth-order valence-corrected chi connectivity index (χ4v) is 2.51. The summed E-state index contributed by atoms with van der Waals surface area (Å²) in [6.45, 7) is 7.24. The van der Waals surface area contributed by atoms with Crippen LogP contribution < -0.4 is 10.6 Å². The molecular formula is C9H18N2. The summed E-state index contributed by atoms with van der Waals surface area (Å²) >= 11 is 0. The Balaban J connectivity index is 2.07. The molecule has 2 nitrogen and oxygen atoms in total. The van der Waals surface area contributed by atoms with Crippen LogP contribution in [-0.4, -0.2) is 26.2 Å². The molecule has 0 radical (unpaired) electrons. The molecule has 64 valence electrons. The molecule has 2 aliphatic heterocycles. The highest BCUT2D eigenvalue weighted by Crippen LogP contribution is 2.34. The van der Waals surface area contributed by atoms with E-state index in [4.69, 9.17) is 0 Å². The maximum atomic E-state index is 3.54. The SMILES string of the molecule is CCC12CNCC(CNC1)C2. The van der Waals surface area contributed by atoms with E-state index in [2.05, 4.69) is 17.6 Å². The van der Waals surface area contributed by atoms with Gasteiger partial charge in [0.1, 0.15) is 0 Å². The minimum absolute atomic E-state index is 0.598. The van der Waals surface area contributed by atoms with E-state index in [1.807, 2.05) is 0 Å². The molecule has 2 heteroatoms. The zero-order valence-corrected chi connectivity index (χ0v) is 7.32. The molecule has 2 aliphatic rings. The summed E-state index contributed by atoms with van der Waals surface area (Å²) in [5.74, 6) is 0.900. The number of hydrogen-bond acceptors (Lipinski definition) is 2. The lowest BCUT2D eigenvalue weighted by molar-refractivity contribution is 0.108. The van der Waals surface area contributed by atoms with Crippen molar-refractivity contribution in [1.82, 2.24) is 10.6 Å². The Morgan fingerprint density at radius 1 is 1.27 bits per heavy atom. The number of rotatable bonds is 1. The van der Waals surface area contributed by atoms with Crippen LogP contribution in [0.3, 0.4) is 0 Å². The van der Waals surface area contributed by atoms with Crippen LogP contribution in [0.5, 0.6) is 0 Å². The largest absolute Gasteiger partial charge is 0.316 e. The van der Waals surface area contributed by atoms with Crippen molar-refractivity contribution in [2.24, 2.45) is 11.3 Å². The van der Waals surface area contributed by atoms with Crippen molar-refractivity contribution >= 4 is 0 Å². The highest BCUT2D eigenvalue weighted by Gasteiger charge is 2.37. The van der Waals surface area contributed by atoms with Gasteiger partial charge < -0.3 is 10.6 Å². The van der Waals surface area contributed by atoms with Gasteiger partial charge in [-0.15, -0.1) is 0 Å². The van der Waals surface area contributed by atoms with E-state index >= 15 is 0 Å². The third-order valence-electron chi connectivity index (χ3n) is 3.34. The molecule has 2 fully saturated rings. The second-order valence-corrected chi connectivity index (χ2v) is 4.19. The highest BCUT2D eigenvalue weighted by molar-refractivity contribution is 4.94. The minimum Gasteiger partial charge on any atom is -0.316 e. The molecule has 0 aromatic rings. The molecular weight excluding hydrogens is 136 g/mol. The second kappa shape index (κ2) is 2.76. The lowest BCUT2D eigenvalue weighted by atomic mass is 9.72. The predicted octanol–water partition coefficient (Wildman–Crippen LogP) is 0.595. The molecule has 0 aromatic heterocycles. The maximum absolute atomic E-state index is 3.54. The molecule has 2 heterocycles. The molecule has 0 amide bonds. The van der Waals surface area contributed by atoms with Crippen LogP contribution in [0, 0.1) is 11.3 Å². The second-order valence-electron chi connectivity index (χ2n) is 4.19. The normalized spacial score (nSPS) is 43.9. The van der Waals surface area contributed by atoms with Crippen LogP contribution in [0.15, 0.2) is 0 Å². The number of piperidine rings is 2.